The molecule has 0 aliphatic rings. The van der Waals surface area contributed by atoms with Gasteiger partial charge in [-0.15, -0.1) is 0 Å². The molecule has 0 radical (unpaired) electrons. The van der Waals surface area contributed by atoms with Crippen molar-refractivity contribution in [2.75, 3.05) is 25.2 Å². The molecule has 0 bridgehead atoms. The fourth-order valence-electron chi connectivity index (χ4n) is 2.40. The molecule has 0 unspecified atom stereocenters. The van der Waals surface area contributed by atoms with E-state index >= 15 is 0 Å². The van der Waals surface area contributed by atoms with Gasteiger partial charge in [0, 0.05) is 43.5 Å². The Balaban J connectivity index is 3.16. The highest BCUT2D eigenvalue weighted by Gasteiger charge is 2.18. The van der Waals surface area contributed by atoms with E-state index in [1.807, 2.05) is 0 Å². The van der Waals surface area contributed by atoms with Gasteiger partial charge >= 0.3 is 0 Å². The molecule has 1 rings (SSSR count). The van der Waals surface area contributed by atoms with Gasteiger partial charge in [0.25, 0.3) is 0 Å². The summed E-state index contributed by atoms with van der Waals surface area (Å²) in [6.45, 7) is 15.4. The first-order valence-corrected chi connectivity index (χ1v) is 7.82. The summed E-state index contributed by atoms with van der Waals surface area (Å²) in [7, 11) is 1.74. The van der Waals surface area contributed by atoms with E-state index < -0.39 is 0 Å². The number of ether oxygens (including phenoxy) is 1. The lowest BCUT2D eigenvalue weighted by Gasteiger charge is -2.31. The van der Waals surface area contributed by atoms with Crippen LogP contribution in [-0.4, -0.2) is 37.3 Å². The van der Waals surface area contributed by atoms with Gasteiger partial charge in [0.15, 0.2) is 0 Å². The molecule has 1 aromatic rings. The molecular formula is C17H31N3O. The number of methoxy groups -OCH3 is 1. The molecule has 21 heavy (non-hydrogen) atoms. The van der Waals surface area contributed by atoms with E-state index in [0.29, 0.717) is 18.7 Å². The Morgan fingerprint density at radius 2 is 1.90 bits per heavy atom. The number of aryl methyl sites for hydroxylation is 2. The van der Waals surface area contributed by atoms with E-state index in [9.17, 15) is 0 Å². The molecule has 0 amide bonds. The SMILES string of the molecule is COCCN(c1nc(C)cc(C)c1CNC(C)C)C(C)C. The number of anilines is 1. The molecule has 1 aromatic heterocycles. The highest BCUT2D eigenvalue weighted by Crippen LogP contribution is 2.24. The fraction of sp³-hybridized carbons (Fsp3) is 0.706. The number of rotatable bonds is 8. The number of hydrogen-bond acceptors (Lipinski definition) is 4. The molecule has 0 saturated heterocycles. The molecule has 1 heterocycles. The first kappa shape index (κ1) is 17.9. The van der Waals surface area contributed by atoms with Crippen molar-refractivity contribution in [1.82, 2.24) is 10.3 Å². The Hall–Kier alpha value is -1.13. The lowest BCUT2D eigenvalue weighted by Crippen LogP contribution is -2.36. The van der Waals surface area contributed by atoms with E-state index in [4.69, 9.17) is 9.72 Å². The van der Waals surface area contributed by atoms with Crippen molar-refractivity contribution in [2.24, 2.45) is 0 Å². The Morgan fingerprint density at radius 1 is 1.24 bits per heavy atom. The van der Waals surface area contributed by atoms with Crippen LogP contribution in [0.4, 0.5) is 5.82 Å². The van der Waals surface area contributed by atoms with Crippen LogP contribution in [0.25, 0.3) is 0 Å². The van der Waals surface area contributed by atoms with Crippen molar-refractivity contribution in [3.8, 4) is 0 Å². The van der Waals surface area contributed by atoms with Gasteiger partial charge in [-0.3, -0.25) is 0 Å². The summed E-state index contributed by atoms with van der Waals surface area (Å²) in [5.41, 5.74) is 3.66. The zero-order valence-corrected chi connectivity index (χ0v) is 14.7. The third-order valence-electron chi connectivity index (χ3n) is 3.57. The Labute approximate surface area is 129 Å². The summed E-state index contributed by atoms with van der Waals surface area (Å²) in [4.78, 5) is 7.15. The highest BCUT2D eigenvalue weighted by molar-refractivity contribution is 5.52. The number of hydrogen-bond donors (Lipinski definition) is 1. The Morgan fingerprint density at radius 3 is 2.43 bits per heavy atom. The topological polar surface area (TPSA) is 37.4 Å². The largest absolute Gasteiger partial charge is 0.383 e. The third-order valence-corrected chi connectivity index (χ3v) is 3.57. The second-order valence-corrected chi connectivity index (χ2v) is 6.20. The lowest BCUT2D eigenvalue weighted by atomic mass is 10.1. The van der Waals surface area contributed by atoms with Gasteiger partial charge in [-0.05, 0) is 39.3 Å². The molecule has 4 nitrogen and oxygen atoms in total. The first-order chi connectivity index (χ1) is 9.86. The van der Waals surface area contributed by atoms with Gasteiger partial charge in [0.2, 0.25) is 0 Å². The van der Waals surface area contributed by atoms with Crippen LogP contribution < -0.4 is 10.2 Å². The molecule has 0 spiro atoms. The van der Waals surface area contributed by atoms with Gasteiger partial charge in [-0.2, -0.15) is 0 Å². The van der Waals surface area contributed by atoms with Crippen molar-refractivity contribution in [2.45, 2.75) is 60.2 Å². The van der Waals surface area contributed by atoms with E-state index in [2.05, 4.69) is 57.8 Å². The van der Waals surface area contributed by atoms with Gasteiger partial charge in [-0.25, -0.2) is 4.98 Å². The Bertz CT molecular complexity index is 444. The first-order valence-electron chi connectivity index (χ1n) is 7.82. The van der Waals surface area contributed by atoms with Crippen LogP contribution in [0.5, 0.6) is 0 Å². The maximum absolute atomic E-state index is 5.26. The van der Waals surface area contributed by atoms with Crippen LogP contribution >= 0.6 is 0 Å². The maximum atomic E-state index is 5.26. The van der Waals surface area contributed by atoms with Crippen molar-refractivity contribution in [1.29, 1.82) is 0 Å². The minimum atomic E-state index is 0.395. The molecule has 0 aromatic carbocycles. The fourth-order valence-corrected chi connectivity index (χ4v) is 2.40. The summed E-state index contributed by atoms with van der Waals surface area (Å²) < 4.78 is 5.26. The quantitative estimate of drug-likeness (QED) is 0.799. The molecule has 4 heteroatoms. The summed E-state index contributed by atoms with van der Waals surface area (Å²) in [5.74, 6) is 1.09. The monoisotopic (exact) mass is 293 g/mol. The van der Waals surface area contributed by atoms with Gasteiger partial charge in [-0.1, -0.05) is 13.8 Å². The van der Waals surface area contributed by atoms with Gasteiger partial charge in [0.05, 0.1) is 6.61 Å². The van der Waals surface area contributed by atoms with Crippen LogP contribution in [-0.2, 0) is 11.3 Å². The van der Waals surface area contributed by atoms with Gasteiger partial charge in [0.1, 0.15) is 5.82 Å². The molecule has 1 N–H and O–H groups in total. The van der Waals surface area contributed by atoms with Crippen LogP contribution in [0.3, 0.4) is 0 Å². The van der Waals surface area contributed by atoms with Crippen LogP contribution in [0.15, 0.2) is 6.07 Å². The summed E-state index contributed by atoms with van der Waals surface area (Å²) >= 11 is 0. The number of nitrogens with zero attached hydrogens (tertiary/aromatic N) is 2. The average Bonchev–Trinajstić information content (AvgIpc) is 2.37. The number of nitrogens with one attached hydrogen (secondary N) is 1. The summed E-state index contributed by atoms with van der Waals surface area (Å²) in [6, 6.07) is 3.02. The van der Waals surface area contributed by atoms with Crippen molar-refractivity contribution >= 4 is 5.82 Å². The standard InChI is InChI=1S/C17H31N3O/c1-12(2)18-11-16-14(5)10-15(6)19-17(16)20(13(3)4)8-9-21-7/h10,12-13,18H,8-9,11H2,1-7H3. The number of pyridine rings is 1. The van der Waals surface area contributed by atoms with E-state index in [1.54, 1.807) is 7.11 Å². The third kappa shape index (κ3) is 5.29. The minimum absolute atomic E-state index is 0.395. The van der Waals surface area contributed by atoms with Crippen molar-refractivity contribution in [3.63, 3.8) is 0 Å². The molecular weight excluding hydrogens is 262 g/mol. The average molecular weight is 293 g/mol. The zero-order chi connectivity index (χ0) is 16.0. The second kappa shape index (κ2) is 8.35. The molecule has 0 fully saturated rings. The predicted octanol–water partition coefficient (Wildman–Crippen LogP) is 3.06. The molecule has 0 saturated carbocycles. The molecule has 0 aliphatic carbocycles. The number of aromatic nitrogens is 1. The predicted molar refractivity (Wildman–Crippen MR) is 90.0 cm³/mol. The maximum Gasteiger partial charge on any atom is 0.133 e. The molecule has 0 atom stereocenters. The van der Waals surface area contributed by atoms with Crippen LogP contribution in [0.2, 0.25) is 0 Å². The lowest BCUT2D eigenvalue weighted by molar-refractivity contribution is 0.203. The molecule has 0 aliphatic heterocycles. The van der Waals surface area contributed by atoms with Crippen LogP contribution in [0, 0.1) is 13.8 Å². The second-order valence-electron chi connectivity index (χ2n) is 6.20. The zero-order valence-electron chi connectivity index (χ0n) is 14.7. The smallest absolute Gasteiger partial charge is 0.133 e. The van der Waals surface area contributed by atoms with E-state index in [-0.39, 0.29) is 0 Å². The van der Waals surface area contributed by atoms with Gasteiger partial charge < -0.3 is 15.0 Å². The summed E-state index contributed by atoms with van der Waals surface area (Å²) in [5, 5.41) is 3.51. The van der Waals surface area contributed by atoms with Crippen molar-refractivity contribution in [3.05, 3.63) is 22.9 Å². The summed E-state index contributed by atoms with van der Waals surface area (Å²) in [6.07, 6.45) is 0. The highest BCUT2D eigenvalue weighted by atomic mass is 16.5. The Kier molecular flexibility index (Phi) is 7.12. The van der Waals surface area contributed by atoms with Crippen molar-refractivity contribution < 1.29 is 4.74 Å². The van der Waals surface area contributed by atoms with Crippen LogP contribution in [0.1, 0.15) is 44.5 Å². The minimum Gasteiger partial charge on any atom is -0.383 e. The normalized spacial score (nSPS) is 11.5. The van der Waals surface area contributed by atoms with E-state index in [0.717, 1.165) is 24.6 Å². The molecule has 120 valence electrons. The van der Waals surface area contributed by atoms with E-state index in [1.165, 1.54) is 11.1 Å².